The molecule has 7 heteroatoms. The molecule has 0 aliphatic carbocycles. The van der Waals surface area contributed by atoms with Crippen molar-refractivity contribution in [3.63, 3.8) is 0 Å². The molecule has 1 heterocycles. The first kappa shape index (κ1) is 16.0. The Bertz CT molecular complexity index is 558. The van der Waals surface area contributed by atoms with E-state index in [0.29, 0.717) is 12.4 Å². The van der Waals surface area contributed by atoms with E-state index >= 15 is 0 Å². The first-order valence-corrected chi connectivity index (χ1v) is 6.00. The third-order valence-corrected chi connectivity index (χ3v) is 2.69. The minimum absolute atomic E-state index is 0. The van der Waals surface area contributed by atoms with Gasteiger partial charge >= 0.3 is 5.69 Å². The number of benzene rings is 1. The quantitative estimate of drug-likeness (QED) is 0.467. The van der Waals surface area contributed by atoms with Crippen molar-refractivity contribution in [3.8, 4) is 5.75 Å². The second kappa shape index (κ2) is 7.49. The SMILES string of the molecule is Cc1ccc([N+](=O)[O-])c(OCCCn2ccnc2)c1.Cl. The topological polar surface area (TPSA) is 70.2 Å². The van der Waals surface area contributed by atoms with Crippen LogP contribution >= 0.6 is 12.4 Å². The van der Waals surface area contributed by atoms with Crippen molar-refractivity contribution in [2.75, 3.05) is 6.61 Å². The number of rotatable bonds is 6. The second-order valence-electron chi connectivity index (χ2n) is 4.23. The highest BCUT2D eigenvalue weighted by Crippen LogP contribution is 2.27. The van der Waals surface area contributed by atoms with Crippen LogP contribution in [0, 0.1) is 17.0 Å². The molecule has 20 heavy (non-hydrogen) atoms. The van der Waals surface area contributed by atoms with Crippen LogP contribution in [-0.2, 0) is 6.54 Å². The number of nitro benzene ring substituents is 1. The molecule has 0 aliphatic heterocycles. The van der Waals surface area contributed by atoms with Gasteiger partial charge in [0.05, 0.1) is 17.9 Å². The highest BCUT2D eigenvalue weighted by Gasteiger charge is 2.14. The first-order chi connectivity index (χ1) is 9.16. The van der Waals surface area contributed by atoms with E-state index in [1.165, 1.54) is 6.07 Å². The minimum atomic E-state index is -0.426. The van der Waals surface area contributed by atoms with Crippen molar-refractivity contribution in [1.82, 2.24) is 9.55 Å². The molecule has 0 saturated heterocycles. The number of ether oxygens (including phenoxy) is 1. The lowest BCUT2D eigenvalue weighted by Gasteiger charge is -2.07. The van der Waals surface area contributed by atoms with E-state index in [2.05, 4.69) is 4.98 Å². The summed E-state index contributed by atoms with van der Waals surface area (Å²) < 4.78 is 7.44. The number of imidazole rings is 1. The zero-order valence-corrected chi connectivity index (χ0v) is 11.9. The highest BCUT2D eigenvalue weighted by molar-refractivity contribution is 5.85. The molecule has 0 fully saturated rings. The molecule has 0 aliphatic rings. The van der Waals surface area contributed by atoms with Gasteiger partial charge in [-0.05, 0) is 25.0 Å². The molecule has 0 amide bonds. The fourth-order valence-electron chi connectivity index (χ4n) is 1.74. The van der Waals surface area contributed by atoms with Gasteiger partial charge in [-0.2, -0.15) is 0 Å². The lowest BCUT2D eigenvalue weighted by Crippen LogP contribution is -2.04. The summed E-state index contributed by atoms with van der Waals surface area (Å²) in [5.74, 6) is 0.329. The molecule has 1 aromatic heterocycles. The summed E-state index contributed by atoms with van der Waals surface area (Å²) in [4.78, 5) is 14.4. The Kier molecular flexibility index (Phi) is 5.99. The molecular formula is C13H16ClN3O3. The summed E-state index contributed by atoms with van der Waals surface area (Å²) in [6, 6.07) is 4.87. The second-order valence-corrected chi connectivity index (χ2v) is 4.23. The molecule has 108 valence electrons. The molecule has 0 radical (unpaired) electrons. The number of halogens is 1. The molecular weight excluding hydrogens is 282 g/mol. The van der Waals surface area contributed by atoms with Crippen molar-refractivity contribution >= 4 is 18.1 Å². The Morgan fingerprint density at radius 3 is 2.90 bits per heavy atom. The van der Waals surface area contributed by atoms with Crippen LogP contribution in [0.15, 0.2) is 36.9 Å². The van der Waals surface area contributed by atoms with Gasteiger partial charge in [0, 0.05) is 25.0 Å². The summed E-state index contributed by atoms with van der Waals surface area (Å²) in [7, 11) is 0. The highest BCUT2D eigenvalue weighted by atomic mass is 35.5. The van der Waals surface area contributed by atoms with Gasteiger partial charge in [0.1, 0.15) is 0 Å². The molecule has 0 N–H and O–H groups in total. The van der Waals surface area contributed by atoms with E-state index in [0.717, 1.165) is 18.5 Å². The zero-order valence-electron chi connectivity index (χ0n) is 11.1. The summed E-state index contributed by atoms with van der Waals surface area (Å²) in [6.07, 6.45) is 6.08. The van der Waals surface area contributed by atoms with Crippen molar-refractivity contribution in [3.05, 3.63) is 52.6 Å². The Morgan fingerprint density at radius 2 is 2.25 bits per heavy atom. The van der Waals surface area contributed by atoms with Crippen LogP contribution in [-0.4, -0.2) is 21.1 Å². The lowest BCUT2D eigenvalue weighted by molar-refractivity contribution is -0.385. The maximum Gasteiger partial charge on any atom is 0.310 e. The monoisotopic (exact) mass is 297 g/mol. The Balaban J connectivity index is 0.00000200. The molecule has 0 bridgehead atoms. The molecule has 6 nitrogen and oxygen atoms in total. The summed E-state index contributed by atoms with van der Waals surface area (Å²) in [5, 5.41) is 10.9. The van der Waals surface area contributed by atoms with E-state index < -0.39 is 4.92 Å². The lowest BCUT2D eigenvalue weighted by atomic mass is 10.2. The third kappa shape index (κ3) is 4.24. The van der Waals surface area contributed by atoms with E-state index in [1.54, 1.807) is 24.7 Å². The number of aryl methyl sites for hydroxylation is 2. The Labute approximate surface area is 123 Å². The Hall–Kier alpha value is -2.08. The van der Waals surface area contributed by atoms with E-state index in [4.69, 9.17) is 4.74 Å². The number of hydrogen-bond acceptors (Lipinski definition) is 4. The smallest absolute Gasteiger partial charge is 0.310 e. The standard InChI is InChI=1S/C13H15N3O3.ClH/c1-11-3-4-12(16(17)18)13(9-11)19-8-2-6-15-7-5-14-10-15;/h3-5,7,9-10H,2,6,8H2,1H3;1H. The first-order valence-electron chi connectivity index (χ1n) is 6.00. The average molecular weight is 298 g/mol. The maximum absolute atomic E-state index is 10.9. The molecule has 0 atom stereocenters. The summed E-state index contributed by atoms with van der Waals surface area (Å²) >= 11 is 0. The minimum Gasteiger partial charge on any atom is -0.487 e. The Morgan fingerprint density at radius 1 is 1.45 bits per heavy atom. The van der Waals surface area contributed by atoms with Crippen molar-refractivity contribution in [2.45, 2.75) is 19.9 Å². The molecule has 2 aromatic rings. The van der Waals surface area contributed by atoms with Crippen LogP contribution in [0.5, 0.6) is 5.75 Å². The van der Waals surface area contributed by atoms with Gasteiger partial charge in [-0.1, -0.05) is 6.07 Å². The van der Waals surface area contributed by atoms with Crippen LogP contribution in [0.2, 0.25) is 0 Å². The van der Waals surface area contributed by atoms with Gasteiger partial charge in [0.2, 0.25) is 0 Å². The van der Waals surface area contributed by atoms with Gasteiger partial charge in [0.25, 0.3) is 0 Å². The van der Waals surface area contributed by atoms with Crippen molar-refractivity contribution in [1.29, 1.82) is 0 Å². The molecule has 0 unspecified atom stereocenters. The summed E-state index contributed by atoms with van der Waals surface area (Å²) in [6.45, 7) is 3.09. The fourth-order valence-corrected chi connectivity index (χ4v) is 1.74. The van der Waals surface area contributed by atoms with E-state index in [1.807, 2.05) is 17.7 Å². The predicted octanol–water partition coefficient (Wildman–Crippen LogP) is 2.99. The van der Waals surface area contributed by atoms with Gasteiger partial charge in [-0.25, -0.2) is 4.98 Å². The maximum atomic E-state index is 10.9. The van der Waals surface area contributed by atoms with Crippen LogP contribution < -0.4 is 4.74 Å². The van der Waals surface area contributed by atoms with Gasteiger partial charge in [0.15, 0.2) is 5.75 Å². The molecule has 2 rings (SSSR count). The number of aromatic nitrogens is 2. The summed E-state index contributed by atoms with van der Waals surface area (Å²) in [5.41, 5.74) is 0.948. The van der Waals surface area contributed by atoms with Gasteiger partial charge < -0.3 is 9.30 Å². The van der Waals surface area contributed by atoms with Crippen LogP contribution in [0.3, 0.4) is 0 Å². The number of hydrogen-bond donors (Lipinski definition) is 0. The van der Waals surface area contributed by atoms with Crippen LogP contribution in [0.1, 0.15) is 12.0 Å². The van der Waals surface area contributed by atoms with Gasteiger partial charge in [-0.3, -0.25) is 10.1 Å². The molecule has 0 saturated carbocycles. The van der Waals surface area contributed by atoms with Crippen molar-refractivity contribution < 1.29 is 9.66 Å². The largest absolute Gasteiger partial charge is 0.487 e. The van der Waals surface area contributed by atoms with Crippen molar-refractivity contribution in [2.24, 2.45) is 0 Å². The average Bonchev–Trinajstić information content (AvgIpc) is 2.87. The van der Waals surface area contributed by atoms with E-state index in [-0.39, 0.29) is 18.1 Å². The zero-order chi connectivity index (χ0) is 13.7. The predicted molar refractivity (Wildman–Crippen MR) is 77.4 cm³/mol. The molecule has 0 spiro atoms. The van der Waals surface area contributed by atoms with Crippen LogP contribution in [0.4, 0.5) is 5.69 Å². The fraction of sp³-hybridized carbons (Fsp3) is 0.308. The van der Waals surface area contributed by atoms with Gasteiger partial charge in [-0.15, -0.1) is 12.4 Å². The van der Waals surface area contributed by atoms with Crippen LogP contribution in [0.25, 0.3) is 0 Å². The third-order valence-electron chi connectivity index (χ3n) is 2.69. The molecule has 1 aromatic carbocycles. The van der Waals surface area contributed by atoms with E-state index in [9.17, 15) is 10.1 Å². The number of nitro groups is 1. The normalized spacial score (nSPS) is 9.85. The number of nitrogens with zero attached hydrogens (tertiary/aromatic N) is 3.